The van der Waals surface area contributed by atoms with Gasteiger partial charge in [0.15, 0.2) is 0 Å². The highest BCUT2D eigenvalue weighted by atomic mass is 35.5. The van der Waals surface area contributed by atoms with E-state index in [4.69, 9.17) is 16.3 Å². The number of esters is 1. The van der Waals surface area contributed by atoms with Crippen molar-refractivity contribution in [3.8, 4) is 0 Å². The molecule has 0 aliphatic heterocycles. The molecular formula is C26H34ClNO4S. The van der Waals surface area contributed by atoms with E-state index in [9.17, 15) is 13.2 Å². The minimum absolute atomic E-state index is 0.202. The average molecular weight is 492 g/mol. The van der Waals surface area contributed by atoms with Crippen molar-refractivity contribution in [1.29, 1.82) is 0 Å². The Morgan fingerprint density at radius 2 is 1.67 bits per heavy atom. The number of ether oxygens (including phenoxy) is 1. The van der Waals surface area contributed by atoms with Crippen LogP contribution in [-0.4, -0.2) is 21.5 Å². The van der Waals surface area contributed by atoms with Crippen LogP contribution in [0.2, 0.25) is 5.02 Å². The number of sulfonamides is 1. The second kappa shape index (κ2) is 12.5. The Morgan fingerprint density at radius 1 is 1.03 bits per heavy atom. The highest BCUT2D eigenvalue weighted by molar-refractivity contribution is 7.89. The average Bonchev–Trinajstić information content (AvgIpc) is 3.08. The van der Waals surface area contributed by atoms with Gasteiger partial charge in [-0.2, -0.15) is 0 Å². The van der Waals surface area contributed by atoms with Crippen LogP contribution in [0, 0.1) is 5.92 Å². The number of carbonyl (C=O) groups excluding carboxylic acids is 1. The molecule has 1 saturated carbocycles. The minimum atomic E-state index is -3.68. The number of hydrogen-bond acceptors (Lipinski definition) is 4. The van der Waals surface area contributed by atoms with Crippen LogP contribution in [0.25, 0.3) is 0 Å². The van der Waals surface area contributed by atoms with E-state index in [-0.39, 0.29) is 16.9 Å². The Kier molecular flexibility index (Phi) is 9.78. The maximum absolute atomic E-state index is 13.1. The molecule has 2 aromatic carbocycles. The summed E-state index contributed by atoms with van der Waals surface area (Å²) in [6, 6.07) is 14.1. The Hall–Kier alpha value is -1.89. The largest absolute Gasteiger partial charge is 0.469 e. The van der Waals surface area contributed by atoms with Crippen molar-refractivity contribution in [3.05, 3.63) is 64.7 Å². The number of nitrogens with one attached hydrogen (secondary N) is 1. The zero-order valence-corrected chi connectivity index (χ0v) is 20.8. The van der Waals surface area contributed by atoms with Gasteiger partial charge in [-0.3, -0.25) is 4.79 Å². The molecular weight excluding hydrogens is 458 g/mol. The summed E-state index contributed by atoms with van der Waals surface area (Å²) in [5.74, 6) is 0.303. The maximum atomic E-state index is 13.1. The second-order valence-corrected chi connectivity index (χ2v) is 11.0. The SMILES string of the molecule is COC(=O)CCCc1ccc(C(CC2CCCCCC2)NS(=O)(=O)c2ccc(Cl)cc2)cc1. The molecule has 1 unspecified atom stereocenters. The molecule has 0 aromatic heterocycles. The molecule has 33 heavy (non-hydrogen) atoms. The van der Waals surface area contributed by atoms with Crippen LogP contribution in [-0.2, 0) is 26.0 Å². The Morgan fingerprint density at radius 3 is 2.27 bits per heavy atom. The molecule has 0 spiro atoms. The zero-order valence-electron chi connectivity index (χ0n) is 19.3. The van der Waals surface area contributed by atoms with Gasteiger partial charge in [0.05, 0.1) is 12.0 Å². The van der Waals surface area contributed by atoms with E-state index in [1.165, 1.54) is 44.9 Å². The fraction of sp³-hybridized carbons (Fsp3) is 0.500. The fourth-order valence-corrected chi connectivity index (χ4v) is 5.87. The molecule has 180 valence electrons. The molecule has 3 rings (SSSR count). The van der Waals surface area contributed by atoms with Crippen molar-refractivity contribution in [2.75, 3.05) is 7.11 Å². The van der Waals surface area contributed by atoms with Gasteiger partial charge in [0.1, 0.15) is 0 Å². The van der Waals surface area contributed by atoms with Gasteiger partial charge in [0.25, 0.3) is 0 Å². The predicted octanol–water partition coefficient (Wildman–Crippen LogP) is 6.22. The number of halogens is 1. The van der Waals surface area contributed by atoms with Gasteiger partial charge < -0.3 is 4.74 Å². The van der Waals surface area contributed by atoms with Gasteiger partial charge in [-0.1, -0.05) is 74.4 Å². The normalized spacial score (nSPS) is 16.2. The van der Waals surface area contributed by atoms with Crippen molar-refractivity contribution >= 4 is 27.6 Å². The lowest BCUT2D eigenvalue weighted by molar-refractivity contribution is -0.140. The topological polar surface area (TPSA) is 72.5 Å². The quantitative estimate of drug-likeness (QED) is 0.316. The van der Waals surface area contributed by atoms with Gasteiger partial charge in [0, 0.05) is 17.5 Å². The molecule has 1 aliphatic carbocycles. The first-order valence-corrected chi connectivity index (χ1v) is 13.7. The lowest BCUT2D eigenvalue weighted by atomic mass is 9.89. The van der Waals surface area contributed by atoms with Crippen molar-refractivity contribution in [1.82, 2.24) is 4.72 Å². The second-order valence-electron chi connectivity index (χ2n) is 8.89. The molecule has 0 radical (unpaired) electrons. The lowest BCUT2D eigenvalue weighted by Gasteiger charge is -2.24. The van der Waals surface area contributed by atoms with Crippen LogP contribution in [0.4, 0.5) is 0 Å². The van der Waals surface area contributed by atoms with Crippen molar-refractivity contribution < 1.29 is 17.9 Å². The minimum Gasteiger partial charge on any atom is -0.469 e. The first-order chi connectivity index (χ1) is 15.9. The van der Waals surface area contributed by atoms with Crippen molar-refractivity contribution in [3.63, 3.8) is 0 Å². The van der Waals surface area contributed by atoms with Gasteiger partial charge in [-0.05, 0) is 60.6 Å². The third kappa shape index (κ3) is 8.13. The summed E-state index contributed by atoms with van der Waals surface area (Å²) in [7, 11) is -2.28. The van der Waals surface area contributed by atoms with Crippen LogP contribution in [0.15, 0.2) is 53.4 Å². The number of methoxy groups -OCH3 is 1. The van der Waals surface area contributed by atoms with Gasteiger partial charge >= 0.3 is 5.97 Å². The summed E-state index contributed by atoms with van der Waals surface area (Å²) in [4.78, 5) is 11.6. The number of aryl methyl sites for hydroxylation is 1. The monoisotopic (exact) mass is 491 g/mol. The van der Waals surface area contributed by atoms with Crippen LogP contribution in [0.5, 0.6) is 0 Å². The highest BCUT2D eigenvalue weighted by Gasteiger charge is 2.25. The first-order valence-electron chi connectivity index (χ1n) is 11.8. The summed E-state index contributed by atoms with van der Waals surface area (Å²) in [5.41, 5.74) is 2.09. The smallest absolute Gasteiger partial charge is 0.305 e. The molecule has 0 amide bonds. The Bertz CT molecular complexity index is 982. The number of rotatable bonds is 10. The molecule has 2 aromatic rings. The summed E-state index contributed by atoms with van der Waals surface area (Å²) < 4.78 is 33.9. The van der Waals surface area contributed by atoms with E-state index in [1.807, 2.05) is 24.3 Å². The van der Waals surface area contributed by atoms with Gasteiger partial charge in [0.2, 0.25) is 10.0 Å². The van der Waals surface area contributed by atoms with Crippen LogP contribution < -0.4 is 4.72 Å². The van der Waals surface area contributed by atoms with Crippen molar-refractivity contribution in [2.45, 2.75) is 75.1 Å². The fourth-order valence-electron chi connectivity index (χ4n) is 4.51. The zero-order chi connectivity index (χ0) is 23.7. The van der Waals surface area contributed by atoms with E-state index in [0.29, 0.717) is 17.4 Å². The third-order valence-electron chi connectivity index (χ3n) is 6.42. The van der Waals surface area contributed by atoms with Gasteiger partial charge in [-0.15, -0.1) is 0 Å². The van der Waals surface area contributed by atoms with E-state index in [0.717, 1.165) is 43.2 Å². The number of carbonyl (C=O) groups is 1. The number of hydrogen-bond donors (Lipinski definition) is 1. The van der Waals surface area contributed by atoms with Crippen LogP contribution >= 0.6 is 11.6 Å². The van der Waals surface area contributed by atoms with E-state index >= 15 is 0 Å². The molecule has 0 saturated heterocycles. The molecule has 5 nitrogen and oxygen atoms in total. The summed E-state index contributed by atoms with van der Waals surface area (Å²) >= 11 is 5.94. The molecule has 1 fully saturated rings. The predicted molar refractivity (Wildman–Crippen MR) is 132 cm³/mol. The highest BCUT2D eigenvalue weighted by Crippen LogP contribution is 2.32. The first kappa shape index (κ1) is 25.7. The standard InChI is InChI=1S/C26H34ClNO4S/c1-32-26(29)10-6-9-20-11-13-22(14-12-20)25(19-21-7-4-2-3-5-8-21)28-33(30,31)24-17-15-23(27)16-18-24/h11-18,21,25,28H,2-10,19H2,1H3. The van der Waals surface area contributed by atoms with Crippen LogP contribution in [0.1, 0.15) is 75.0 Å². The number of benzene rings is 2. The summed E-state index contributed by atoms with van der Waals surface area (Å²) in [6.07, 6.45) is 9.91. The van der Waals surface area contributed by atoms with Gasteiger partial charge in [-0.25, -0.2) is 13.1 Å². The molecule has 1 atom stereocenters. The lowest BCUT2D eigenvalue weighted by Crippen LogP contribution is -2.30. The molecule has 0 bridgehead atoms. The van der Waals surface area contributed by atoms with Crippen molar-refractivity contribution in [2.24, 2.45) is 5.92 Å². The van der Waals surface area contributed by atoms with E-state index < -0.39 is 10.0 Å². The Labute approximate surface area is 202 Å². The third-order valence-corrected chi connectivity index (χ3v) is 8.16. The van der Waals surface area contributed by atoms with Crippen LogP contribution in [0.3, 0.4) is 0 Å². The molecule has 7 heteroatoms. The molecule has 1 N–H and O–H groups in total. The summed E-state index contributed by atoms with van der Waals surface area (Å²) in [6.45, 7) is 0. The Balaban J connectivity index is 1.76. The molecule has 0 heterocycles. The summed E-state index contributed by atoms with van der Waals surface area (Å²) in [5, 5.41) is 0.506. The molecule has 1 aliphatic rings. The van der Waals surface area contributed by atoms with E-state index in [2.05, 4.69) is 4.72 Å². The van der Waals surface area contributed by atoms with E-state index in [1.54, 1.807) is 12.1 Å². The maximum Gasteiger partial charge on any atom is 0.305 e.